The summed E-state index contributed by atoms with van der Waals surface area (Å²) in [5, 5.41) is 6.94. The monoisotopic (exact) mass is 278 g/mol. The fourth-order valence-corrected chi connectivity index (χ4v) is 2.71. The average Bonchev–Trinajstić information content (AvgIpc) is 2.46. The highest BCUT2D eigenvalue weighted by Crippen LogP contribution is 2.22. The number of carbonyl (C=O) groups excluding carboxylic acids is 1. The summed E-state index contributed by atoms with van der Waals surface area (Å²) in [6.45, 7) is 3.81. The van der Waals surface area contributed by atoms with Gasteiger partial charge in [-0.2, -0.15) is 11.8 Å². The average molecular weight is 278 g/mol. The largest absolute Gasteiger partial charge is 0.354 e. The summed E-state index contributed by atoms with van der Waals surface area (Å²) in [5.41, 5.74) is 2.42. The molecule has 1 aliphatic heterocycles. The van der Waals surface area contributed by atoms with Crippen molar-refractivity contribution in [2.24, 2.45) is 0 Å². The van der Waals surface area contributed by atoms with Crippen LogP contribution >= 0.6 is 11.8 Å². The number of amides is 1. The van der Waals surface area contributed by atoms with E-state index in [2.05, 4.69) is 35.9 Å². The van der Waals surface area contributed by atoms with Crippen LogP contribution in [0.25, 0.3) is 0 Å². The standard InChI is InChI=1S/C15H22N2OS/c1-11(19-2)7-9-17-15(18)14-13-6-4-3-5-12(13)8-10-16-14/h3-6,11,14,16H,7-10H2,1-2H3,(H,17,18). The summed E-state index contributed by atoms with van der Waals surface area (Å²) >= 11 is 1.83. The van der Waals surface area contributed by atoms with Crippen molar-refractivity contribution >= 4 is 17.7 Å². The minimum atomic E-state index is -0.186. The fraction of sp³-hybridized carbons (Fsp3) is 0.533. The van der Waals surface area contributed by atoms with Crippen LogP contribution < -0.4 is 10.6 Å². The van der Waals surface area contributed by atoms with Gasteiger partial charge in [-0.1, -0.05) is 31.2 Å². The number of fused-ring (bicyclic) bond motifs is 1. The van der Waals surface area contributed by atoms with E-state index in [0.717, 1.165) is 31.5 Å². The van der Waals surface area contributed by atoms with Crippen molar-refractivity contribution in [3.05, 3.63) is 35.4 Å². The summed E-state index contributed by atoms with van der Waals surface area (Å²) in [5.74, 6) is 0.0976. The summed E-state index contributed by atoms with van der Waals surface area (Å²) in [7, 11) is 0. The predicted octanol–water partition coefficient (Wildman–Crippen LogP) is 2.13. The summed E-state index contributed by atoms with van der Waals surface area (Å²) in [6, 6.07) is 8.03. The van der Waals surface area contributed by atoms with Gasteiger partial charge >= 0.3 is 0 Å². The van der Waals surface area contributed by atoms with E-state index in [0.29, 0.717) is 5.25 Å². The number of carbonyl (C=O) groups is 1. The van der Waals surface area contributed by atoms with E-state index in [4.69, 9.17) is 0 Å². The van der Waals surface area contributed by atoms with Crippen molar-refractivity contribution in [2.75, 3.05) is 19.3 Å². The van der Waals surface area contributed by atoms with Crippen molar-refractivity contribution in [1.29, 1.82) is 0 Å². The first kappa shape index (κ1) is 14.4. The van der Waals surface area contributed by atoms with Crippen LogP contribution in [0.2, 0.25) is 0 Å². The molecule has 0 spiro atoms. The first-order valence-electron chi connectivity index (χ1n) is 6.84. The first-order valence-corrected chi connectivity index (χ1v) is 8.13. The molecule has 0 aromatic heterocycles. The molecule has 3 nitrogen and oxygen atoms in total. The molecule has 1 aromatic carbocycles. The maximum absolute atomic E-state index is 12.3. The maximum Gasteiger partial charge on any atom is 0.241 e. The molecule has 104 valence electrons. The molecule has 1 aromatic rings. The molecule has 1 heterocycles. The molecule has 2 N–H and O–H groups in total. The van der Waals surface area contributed by atoms with E-state index in [1.165, 1.54) is 5.56 Å². The van der Waals surface area contributed by atoms with Gasteiger partial charge in [0.15, 0.2) is 0 Å². The van der Waals surface area contributed by atoms with E-state index in [-0.39, 0.29) is 11.9 Å². The molecular weight excluding hydrogens is 256 g/mol. The zero-order valence-electron chi connectivity index (χ0n) is 11.6. The summed E-state index contributed by atoms with van der Waals surface area (Å²) in [4.78, 5) is 12.3. The Labute approximate surface area is 119 Å². The third-order valence-corrected chi connectivity index (χ3v) is 4.66. The topological polar surface area (TPSA) is 41.1 Å². The number of thioether (sulfide) groups is 1. The first-order chi connectivity index (χ1) is 9.22. The van der Waals surface area contributed by atoms with Crippen LogP contribution in [0.1, 0.15) is 30.5 Å². The molecule has 2 atom stereocenters. The van der Waals surface area contributed by atoms with Crippen LogP contribution in [0.15, 0.2) is 24.3 Å². The Kier molecular flexibility index (Phi) is 5.28. The number of hydrogen-bond acceptors (Lipinski definition) is 3. The third kappa shape index (κ3) is 3.74. The lowest BCUT2D eigenvalue weighted by molar-refractivity contribution is -0.123. The molecular formula is C15H22N2OS. The van der Waals surface area contributed by atoms with Gasteiger partial charge in [-0.15, -0.1) is 0 Å². The van der Waals surface area contributed by atoms with E-state index >= 15 is 0 Å². The van der Waals surface area contributed by atoms with Gasteiger partial charge in [0.05, 0.1) is 0 Å². The van der Waals surface area contributed by atoms with Gasteiger partial charge in [0.25, 0.3) is 0 Å². The lowest BCUT2D eigenvalue weighted by atomic mass is 9.94. The lowest BCUT2D eigenvalue weighted by Gasteiger charge is -2.26. The van der Waals surface area contributed by atoms with Crippen LogP contribution in [-0.2, 0) is 11.2 Å². The molecule has 0 aliphatic carbocycles. The highest BCUT2D eigenvalue weighted by molar-refractivity contribution is 7.99. The normalized spacial score (nSPS) is 19.6. The van der Waals surface area contributed by atoms with Crippen LogP contribution in [-0.4, -0.2) is 30.5 Å². The number of hydrogen-bond donors (Lipinski definition) is 2. The Morgan fingerprint density at radius 1 is 1.53 bits per heavy atom. The van der Waals surface area contributed by atoms with Gasteiger partial charge in [0, 0.05) is 18.3 Å². The number of benzene rings is 1. The Morgan fingerprint density at radius 3 is 3.11 bits per heavy atom. The summed E-state index contributed by atoms with van der Waals surface area (Å²) in [6.07, 6.45) is 4.12. The van der Waals surface area contributed by atoms with Crippen LogP contribution in [0.5, 0.6) is 0 Å². The molecule has 4 heteroatoms. The molecule has 1 aliphatic rings. The lowest BCUT2D eigenvalue weighted by Crippen LogP contribution is -2.41. The number of rotatable bonds is 5. The third-order valence-electron chi connectivity index (χ3n) is 3.62. The van der Waals surface area contributed by atoms with Gasteiger partial charge in [-0.05, 0) is 30.2 Å². The van der Waals surface area contributed by atoms with E-state index in [1.807, 2.05) is 23.9 Å². The SMILES string of the molecule is CSC(C)CCNC(=O)C1NCCc2ccccc21. The second-order valence-corrected chi connectivity index (χ2v) is 6.24. The highest BCUT2D eigenvalue weighted by atomic mass is 32.2. The van der Waals surface area contributed by atoms with Crippen molar-refractivity contribution in [3.63, 3.8) is 0 Å². The highest BCUT2D eigenvalue weighted by Gasteiger charge is 2.25. The van der Waals surface area contributed by atoms with Crippen molar-refractivity contribution < 1.29 is 4.79 Å². The Bertz CT molecular complexity index is 436. The smallest absolute Gasteiger partial charge is 0.241 e. The molecule has 0 radical (unpaired) electrons. The van der Waals surface area contributed by atoms with E-state index < -0.39 is 0 Å². The Hall–Kier alpha value is -1.00. The van der Waals surface area contributed by atoms with Crippen molar-refractivity contribution in [2.45, 2.75) is 31.1 Å². The zero-order chi connectivity index (χ0) is 13.7. The quantitative estimate of drug-likeness (QED) is 0.867. The molecule has 0 saturated heterocycles. The number of nitrogens with one attached hydrogen (secondary N) is 2. The van der Waals surface area contributed by atoms with Gasteiger partial charge in [0.2, 0.25) is 5.91 Å². The van der Waals surface area contributed by atoms with E-state index in [9.17, 15) is 4.79 Å². The molecule has 0 bridgehead atoms. The van der Waals surface area contributed by atoms with Gasteiger partial charge in [0.1, 0.15) is 6.04 Å². The second kappa shape index (κ2) is 6.96. The molecule has 19 heavy (non-hydrogen) atoms. The van der Waals surface area contributed by atoms with Crippen LogP contribution in [0, 0.1) is 0 Å². The maximum atomic E-state index is 12.3. The van der Waals surface area contributed by atoms with Gasteiger partial charge in [-0.3, -0.25) is 4.79 Å². The van der Waals surface area contributed by atoms with Crippen molar-refractivity contribution in [1.82, 2.24) is 10.6 Å². The fourth-order valence-electron chi connectivity index (χ4n) is 2.36. The van der Waals surface area contributed by atoms with Crippen LogP contribution in [0.4, 0.5) is 0 Å². The second-order valence-electron chi connectivity index (χ2n) is 4.96. The predicted molar refractivity (Wildman–Crippen MR) is 81.5 cm³/mol. The van der Waals surface area contributed by atoms with Gasteiger partial charge < -0.3 is 10.6 Å². The minimum absolute atomic E-state index is 0.0976. The molecule has 2 unspecified atom stereocenters. The van der Waals surface area contributed by atoms with Crippen LogP contribution in [0.3, 0.4) is 0 Å². The molecule has 1 amide bonds. The van der Waals surface area contributed by atoms with E-state index in [1.54, 1.807) is 0 Å². The summed E-state index contributed by atoms with van der Waals surface area (Å²) < 4.78 is 0. The molecule has 0 fully saturated rings. The zero-order valence-corrected chi connectivity index (χ0v) is 12.4. The molecule has 2 rings (SSSR count). The molecule has 0 saturated carbocycles. The minimum Gasteiger partial charge on any atom is -0.354 e. The van der Waals surface area contributed by atoms with Crippen molar-refractivity contribution in [3.8, 4) is 0 Å². The Morgan fingerprint density at radius 2 is 2.32 bits per heavy atom. The Balaban J connectivity index is 1.93. The van der Waals surface area contributed by atoms with Gasteiger partial charge in [-0.25, -0.2) is 0 Å².